The first-order valence-corrected chi connectivity index (χ1v) is 16.8. The van der Waals surface area contributed by atoms with Crippen LogP contribution in [0.1, 0.15) is 23.4 Å². The first-order valence-electron chi connectivity index (χ1n) is 16.8. The molecule has 4 bridgehead atoms. The second kappa shape index (κ2) is 16.3. The molecule has 0 radical (unpaired) electrons. The molecule has 2 aliphatic rings. The van der Waals surface area contributed by atoms with Crippen LogP contribution in [-0.2, 0) is 27.3 Å². The Bertz CT molecular complexity index is 1760. The lowest BCUT2D eigenvalue weighted by molar-refractivity contribution is -0.138. The van der Waals surface area contributed by atoms with Gasteiger partial charge in [-0.3, -0.25) is 19.3 Å². The summed E-state index contributed by atoms with van der Waals surface area (Å²) in [5.74, 6) is 1.65. The van der Waals surface area contributed by atoms with Gasteiger partial charge in [-0.15, -0.1) is 0 Å². The van der Waals surface area contributed by atoms with E-state index in [9.17, 15) is 14.4 Å². The first-order chi connectivity index (χ1) is 24.4. The Balaban J connectivity index is 1.20. The maximum Gasteiger partial charge on any atom is 0.243 e. The SMILES string of the molecule is COc1ccc2cc1OCCCN(C(=O)CN1CCN(c3ncccn3)CC1)CC(=O)N[C@H](Cc1ccccc1)C(=O)NCc1nc-2oc1C. The number of nitrogens with one attached hydrogen (secondary N) is 2. The average Bonchev–Trinajstić information content (AvgIpc) is 3.52. The normalized spacial score (nSPS) is 17.9. The van der Waals surface area contributed by atoms with Crippen LogP contribution in [0.15, 0.2) is 71.4 Å². The molecular formula is C36H42N8O6. The Morgan fingerprint density at radius 2 is 1.78 bits per heavy atom. The van der Waals surface area contributed by atoms with Crippen molar-refractivity contribution in [1.29, 1.82) is 0 Å². The van der Waals surface area contributed by atoms with Gasteiger partial charge in [0.15, 0.2) is 11.5 Å². The smallest absolute Gasteiger partial charge is 0.243 e. The number of methoxy groups -OCH3 is 1. The van der Waals surface area contributed by atoms with Crippen LogP contribution in [0.2, 0.25) is 0 Å². The van der Waals surface area contributed by atoms with E-state index < -0.39 is 11.9 Å². The highest BCUT2D eigenvalue weighted by Gasteiger charge is 2.27. The highest BCUT2D eigenvalue weighted by molar-refractivity contribution is 5.90. The molecule has 4 aromatic rings. The number of carbonyl (C=O) groups is 3. The number of aromatic nitrogens is 3. The molecule has 1 saturated heterocycles. The fraction of sp³-hybridized carbons (Fsp3) is 0.389. The highest BCUT2D eigenvalue weighted by Crippen LogP contribution is 2.33. The zero-order valence-electron chi connectivity index (χ0n) is 28.3. The summed E-state index contributed by atoms with van der Waals surface area (Å²) in [4.78, 5) is 60.0. The van der Waals surface area contributed by atoms with Crippen molar-refractivity contribution in [2.75, 3.05) is 64.4 Å². The molecule has 2 aromatic heterocycles. The summed E-state index contributed by atoms with van der Waals surface area (Å²) in [5.41, 5.74) is 2.13. The number of hydrogen-bond donors (Lipinski definition) is 2. The third-order valence-corrected chi connectivity index (χ3v) is 8.75. The predicted octanol–water partition coefficient (Wildman–Crippen LogP) is 2.23. The van der Waals surface area contributed by atoms with Gasteiger partial charge in [-0.25, -0.2) is 15.0 Å². The van der Waals surface area contributed by atoms with E-state index in [1.807, 2.05) is 36.4 Å². The van der Waals surface area contributed by atoms with Gasteiger partial charge >= 0.3 is 0 Å². The summed E-state index contributed by atoms with van der Waals surface area (Å²) in [6, 6.07) is 15.8. The van der Waals surface area contributed by atoms with Crippen molar-refractivity contribution in [2.45, 2.75) is 32.4 Å². The molecule has 4 heterocycles. The molecule has 262 valence electrons. The van der Waals surface area contributed by atoms with Gasteiger partial charge in [0, 0.05) is 57.1 Å². The van der Waals surface area contributed by atoms with Crippen LogP contribution in [0.25, 0.3) is 11.5 Å². The topological polar surface area (TPSA) is 155 Å². The van der Waals surface area contributed by atoms with Gasteiger partial charge in [0.25, 0.3) is 0 Å². The molecule has 0 aliphatic carbocycles. The molecule has 1 atom stereocenters. The van der Waals surface area contributed by atoms with Gasteiger partial charge in [-0.05, 0) is 43.2 Å². The molecule has 2 aromatic carbocycles. The Kier molecular flexibility index (Phi) is 11.2. The Morgan fingerprint density at radius 3 is 2.54 bits per heavy atom. The van der Waals surface area contributed by atoms with Crippen molar-refractivity contribution in [3.8, 4) is 23.0 Å². The summed E-state index contributed by atoms with van der Waals surface area (Å²) in [6.07, 6.45) is 4.15. The third-order valence-electron chi connectivity index (χ3n) is 8.75. The lowest BCUT2D eigenvalue weighted by atomic mass is 10.1. The van der Waals surface area contributed by atoms with E-state index in [1.165, 1.54) is 4.90 Å². The summed E-state index contributed by atoms with van der Waals surface area (Å²) in [5, 5.41) is 5.82. The van der Waals surface area contributed by atoms with E-state index in [-0.39, 0.29) is 51.0 Å². The molecule has 50 heavy (non-hydrogen) atoms. The standard InChI is InChI=1S/C36H42N8O6/c1-25-29-22-39-34(47)28(20-26-8-4-3-5-9-26)40-32(45)23-44(33(46)24-42-15-17-43(18-16-42)36-37-12-6-13-38-36)14-7-19-49-31-21-27(35(41-29)50-25)10-11-30(31)48-2/h3-6,8-13,21,28H,7,14-20,22-24H2,1-2H3,(H,39,47)(H,40,45)/t28-/m1/s1. The van der Waals surface area contributed by atoms with Crippen LogP contribution in [0, 0.1) is 6.92 Å². The second-order valence-electron chi connectivity index (χ2n) is 12.2. The minimum Gasteiger partial charge on any atom is -0.493 e. The Labute approximate surface area is 290 Å². The Morgan fingerprint density at radius 1 is 1.00 bits per heavy atom. The molecule has 14 nitrogen and oxygen atoms in total. The summed E-state index contributed by atoms with van der Waals surface area (Å²) in [7, 11) is 1.56. The van der Waals surface area contributed by atoms with Crippen molar-refractivity contribution in [1.82, 2.24) is 35.4 Å². The molecule has 1 fully saturated rings. The van der Waals surface area contributed by atoms with E-state index in [2.05, 4.69) is 35.4 Å². The van der Waals surface area contributed by atoms with E-state index >= 15 is 0 Å². The van der Waals surface area contributed by atoms with Crippen molar-refractivity contribution in [2.24, 2.45) is 0 Å². The number of oxazole rings is 1. The third kappa shape index (κ3) is 8.74. The molecule has 14 heteroatoms. The van der Waals surface area contributed by atoms with Crippen molar-refractivity contribution in [3.63, 3.8) is 0 Å². The van der Waals surface area contributed by atoms with Crippen LogP contribution < -0.4 is 25.0 Å². The minimum absolute atomic E-state index is 0.100. The van der Waals surface area contributed by atoms with Crippen molar-refractivity contribution < 1.29 is 28.3 Å². The van der Waals surface area contributed by atoms with E-state index in [1.54, 1.807) is 44.6 Å². The monoisotopic (exact) mass is 682 g/mol. The number of anilines is 1. The van der Waals surface area contributed by atoms with Gasteiger partial charge in [0.2, 0.25) is 29.6 Å². The fourth-order valence-electron chi connectivity index (χ4n) is 5.99. The average molecular weight is 683 g/mol. The molecule has 2 aliphatic heterocycles. The van der Waals surface area contributed by atoms with Gasteiger partial charge < -0.3 is 34.3 Å². The van der Waals surface area contributed by atoms with Gasteiger partial charge in [-0.2, -0.15) is 0 Å². The number of benzene rings is 2. The number of amides is 3. The summed E-state index contributed by atoms with van der Waals surface area (Å²) >= 11 is 0. The molecule has 2 N–H and O–H groups in total. The summed E-state index contributed by atoms with van der Waals surface area (Å²) < 4.78 is 17.6. The van der Waals surface area contributed by atoms with Crippen molar-refractivity contribution in [3.05, 3.63) is 84.0 Å². The number of aryl methyl sites for hydroxylation is 1. The van der Waals surface area contributed by atoms with E-state index in [4.69, 9.17) is 13.9 Å². The molecule has 3 amide bonds. The number of piperazine rings is 1. The van der Waals surface area contributed by atoms with Crippen LogP contribution >= 0.6 is 0 Å². The number of ether oxygens (including phenoxy) is 2. The number of carbonyl (C=O) groups excluding carboxylic acids is 3. The minimum atomic E-state index is -0.881. The number of nitrogens with zero attached hydrogens (tertiary/aromatic N) is 6. The molecule has 0 saturated carbocycles. The van der Waals surface area contributed by atoms with Crippen LogP contribution in [0.5, 0.6) is 11.5 Å². The molecule has 6 rings (SSSR count). The number of hydrogen-bond acceptors (Lipinski definition) is 11. The van der Waals surface area contributed by atoms with Gasteiger partial charge in [-0.1, -0.05) is 30.3 Å². The van der Waals surface area contributed by atoms with Crippen LogP contribution in [-0.4, -0.2) is 108 Å². The van der Waals surface area contributed by atoms with Crippen LogP contribution in [0.4, 0.5) is 5.95 Å². The Hall–Kier alpha value is -5.50. The lowest BCUT2D eigenvalue weighted by Gasteiger charge is -2.35. The van der Waals surface area contributed by atoms with Crippen molar-refractivity contribution >= 4 is 23.7 Å². The maximum absolute atomic E-state index is 13.8. The van der Waals surface area contributed by atoms with Crippen LogP contribution in [0.3, 0.4) is 0 Å². The van der Waals surface area contributed by atoms with Gasteiger partial charge in [0.05, 0.1) is 33.4 Å². The van der Waals surface area contributed by atoms with Gasteiger partial charge in [0.1, 0.15) is 17.5 Å². The second-order valence-corrected chi connectivity index (χ2v) is 12.2. The maximum atomic E-state index is 13.8. The van der Waals surface area contributed by atoms with E-state index in [0.717, 1.165) is 5.56 Å². The highest BCUT2D eigenvalue weighted by atomic mass is 16.5. The molecule has 0 spiro atoms. The lowest BCUT2D eigenvalue weighted by Crippen LogP contribution is -2.53. The quantitative estimate of drug-likeness (QED) is 0.308. The zero-order chi connectivity index (χ0) is 34.9. The number of rotatable bonds is 6. The molecule has 0 unspecified atom stereocenters. The predicted molar refractivity (Wildman–Crippen MR) is 185 cm³/mol. The zero-order valence-corrected chi connectivity index (χ0v) is 28.3. The first kappa shape index (κ1) is 34.4. The largest absolute Gasteiger partial charge is 0.493 e. The molecular weight excluding hydrogens is 640 g/mol. The number of fused-ring (bicyclic) bond motifs is 5. The van der Waals surface area contributed by atoms with E-state index in [0.29, 0.717) is 73.0 Å². The summed E-state index contributed by atoms with van der Waals surface area (Å²) in [6.45, 7) is 5.00. The fourth-order valence-corrected chi connectivity index (χ4v) is 5.99.